The summed E-state index contributed by atoms with van der Waals surface area (Å²) in [6.45, 7) is 1.50. The predicted molar refractivity (Wildman–Crippen MR) is 110 cm³/mol. The fraction of sp³-hybridized carbons (Fsp3) is 0.0952. The van der Waals surface area contributed by atoms with Crippen molar-refractivity contribution in [3.05, 3.63) is 78.5 Å². The number of nitrogens with two attached hydrogens (primary N) is 1. The van der Waals surface area contributed by atoms with Gasteiger partial charge < -0.3 is 16.4 Å². The van der Waals surface area contributed by atoms with Crippen LogP contribution >= 0.6 is 0 Å². The van der Waals surface area contributed by atoms with Gasteiger partial charge in [0.2, 0.25) is 5.91 Å². The average Bonchev–Trinajstić information content (AvgIpc) is 3.15. The maximum absolute atomic E-state index is 11.3. The lowest BCUT2D eigenvalue weighted by Crippen LogP contribution is -2.15. The van der Waals surface area contributed by atoms with Crippen molar-refractivity contribution in [3.63, 3.8) is 0 Å². The summed E-state index contributed by atoms with van der Waals surface area (Å²) in [6.07, 6.45) is 1.77. The van der Waals surface area contributed by atoms with Crippen molar-refractivity contribution < 1.29 is 4.79 Å². The van der Waals surface area contributed by atoms with Crippen LogP contribution in [-0.2, 0) is 0 Å². The maximum Gasteiger partial charge on any atom is 0.248 e. The number of para-hydroxylation sites is 1. The molecule has 2 heterocycles. The molecule has 28 heavy (non-hydrogen) atoms. The highest BCUT2D eigenvalue weighted by molar-refractivity contribution is 5.93. The smallest absolute Gasteiger partial charge is 0.248 e. The zero-order valence-electron chi connectivity index (χ0n) is 15.2. The van der Waals surface area contributed by atoms with Crippen molar-refractivity contribution in [2.24, 2.45) is 5.73 Å². The molecule has 0 aliphatic heterocycles. The van der Waals surface area contributed by atoms with Crippen molar-refractivity contribution >= 4 is 23.1 Å². The third-order valence-electron chi connectivity index (χ3n) is 4.36. The monoisotopic (exact) mass is 372 g/mol. The highest BCUT2D eigenvalue weighted by Crippen LogP contribution is 2.21. The van der Waals surface area contributed by atoms with E-state index in [1.165, 1.54) is 0 Å². The van der Waals surface area contributed by atoms with Crippen molar-refractivity contribution in [1.82, 2.24) is 14.6 Å². The first-order chi connectivity index (χ1) is 13.7. The summed E-state index contributed by atoms with van der Waals surface area (Å²) < 4.78 is 1.78. The number of hydrogen-bond acceptors (Lipinski definition) is 5. The normalized spacial score (nSPS) is 10.7. The van der Waals surface area contributed by atoms with E-state index in [9.17, 15) is 4.79 Å². The molecule has 0 unspecified atom stereocenters. The lowest BCUT2D eigenvalue weighted by atomic mass is 10.1. The molecular formula is C21H20N6O. The Kier molecular flexibility index (Phi) is 4.88. The summed E-state index contributed by atoms with van der Waals surface area (Å²) in [7, 11) is 0. The number of benzene rings is 2. The number of rotatable bonds is 7. The topological polar surface area (TPSA) is 97.3 Å². The van der Waals surface area contributed by atoms with E-state index < -0.39 is 5.91 Å². The molecule has 0 saturated carbocycles. The second-order valence-electron chi connectivity index (χ2n) is 6.29. The van der Waals surface area contributed by atoms with Crippen LogP contribution in [0, 0.1) is 0 Å². The molecule has 0 radical (unpaired) electrons. The standard InChI is InChI=1S/C21H20N6O/c22-21(28)16-8-6-15(7-9-16)18-14-25-20-11-10-19(26-27(18)20)24-13-12-23-17-4-2-1-3-5-17/h1-11,14,23H,12-13H2,(H2,22,28)(H,24,26). The molecule has 2 aromatic carbocycles. The molecular weight excluding hydrogens is 352 g/mol. The van der Waals surface area contributed by atoms with Crippen molar-refractivity contribution in [2.75, 3.05) is 23.7 Å². The molecule has 0 saturated heterocycles. The van der Waals surface area contributed by atoms with Gasteiger partial charge in [0.1, 0.15) is 5.82 Å². The summed E-state index contributed by atoms with van der Waals surface area (Å²) in [6, 6.07) is 21.0. The summed E-state index contributed by atoms with van der Waals surface area (Å²) in [5.74, 6) is 0.314. The second-order valence-corrected chi connectivity index (χ2v) is 6.29. The van der Waals surface area contributed by atoms with Gasteiger partial charge in [0.15, 0.2) is 5.65 Å². The number of anilines is 2. The first kappa shape index (κ1) is 17.5. The van der Waals surface area contributed by atoms with E-state index >= 15 is 0 Å². The van der Waals surface area contributed by atoms with Crippen molar-refractivity contribution in [2.45, 2.75) is 0 Å². The first-order valence-corrected chi connectivity index (χ1v) is 8.98. The van der Waals surface area contributed by atoms with E-state index in [2.05, 4.69) is 20.7 Å². The Labute approximate surface area is 162 Å². The fourth-order valence-corrected chi connectivity index (χ4v) is 2.92. The molecule has 0 aliphatic carbocycles. The van der Waals surface area contributed by atoms with Gasteiger partial charge in [-0.2, -0.15) is 0 Å². The number of nitrogens with one attached hydrogen (secondary N) is 2. The third-order valence-corrected chi connectivity index (χ3v) is 4.36. The van der Waals surface area contributed by atoms with Crippen LogP contribution in [0.15, 0.2) is 72.9 Å². The van der Waals surface area contributed by atoms with Gasteiger partial charge >= 0.3 is 0 Å². The fourth-order valence-electron chi connectivity index (χ4n) is 2.92. The van der Waals surface area contributed by atoms with Crippen LogP contribution in [0.1, 0.15) is 10.4 Å². The predicted octanol–water partition coefficient (Wildman–Crippen LogP) is 3.02. The minimum atomic E-state index is -0.446. The first-order valence-electron chi connectivity index (χ1n) is 8.98. The number of carbonyl (C=O) groups is 1. The minimum absolute atomic E-state index is 0.446. The van der Waals surface area contributed by atoms with E-state index in [0.29, 0.717) is 5.56 Å². The average molecular weight is 372 g/mol. The van der Waals surface area contributed by atoms with Crippen molar-refractivity contribution in [1.29, 1.82) is 0 Å². The van der Waals surface area contributed by atoms with Gasteiger partial charge in [-0.15, -0.1) is 5.10 Å². The van der Waals surface area contributed by atoms with Crippen LogP contribution in [0.5, 0.6) is 0 Å². The Morgan fingerprint density at radius 1 is 0.929 bits per heavy atom. The number of amides is 1. The highest BCUT2D eigenvalue weighted by atomic mass is 16.1. The molecule has 0 bridgehead atoms. The zero-order chi connectivity index (χ0) is 19.3. The third kappa shape index (κ3) is 3.78. The molecule has 0 fully saturated rings. The quantitative estimate of drug-likeness (QED) is 0.433. The SMILES string of the molecule is NC(=O)c1ccc(-c2cnc3ccc(NCCNc4ccccc4)nn23)cc1. The lowest BCUT2D eigenvalue weighted by Gasteiger charge is -2.09. The maximum atomic E-state index is 11.3. The van der Waals surface area contributed by atoms with Crippen LogP contribution < -0.4 is 16.4 Å². The number of nitrogens with zero attached hydrogens (tertiary/aromatic N) is 3. The van der Waals surface area contributed by atoms with Crippen LogP contribution in [0.25, 0.3) is 16.9 Å². The van der Waals surface area contributed by atoms with E-state index in [1.54, 1.807) is 22.8 Å². The van der Waals surface area contributed by atoms with E-state index in [4.69, 9.17) is 5.73 Å². The molecule has 4 aromatic rings. The Morgan fingerprint density at radius 3 is 2.43 bits per heavy atom. The number of aromatic nitrogens is 3. The van der Waals surface area contributed by atoms with Crippen LogP contribution in [0.4, 0.5) is 11.5 Å². The van der Waals surface area contributed by atoms with E-state index in [0.717, 1.165) is 41.5 Å². The van der Waals surface area contributed by atoms with Gasteiger partial charge in [-0.1, -0.05) is 30.3 Å². The molecule has 1 amide bonds. The number of fused-ring (bicyclic) bond motifs is 1. The molecule has 0 aliphatic rings. The van der Waals surface area contributed by atoms with Crippen molar-refractivity contribution in [3.8, 4) is 11.3 Å². The summed E-state index contributed by atoms with van der Waals surface area (Å²) in [4.78, 5) is 15.6. The van der Waals surface area contributed by atoms with E-state index in [1.807, 2.05) is 54.6 Å². The Hall–Kier alpha value is -3.87. The van der Waals surface area contributed by atoms with Gasteiger partial charge in [-0.3, -0.25) is 4.79 Å². The molecule has 7 nitrogen and oxygen atoms in total. The van der Waals surface area contributed by atoms with E-state index in [-0.39, 0.29) is 0 Å². The molecule has 7 heteroatoms. The largest absolute Gasteiger partial charge is 0.383 e. The van der Waals surface area contributed by atoms with Gasteiger partial charge in [0.25, 0.3) is 0 Å². The number of hydrogen-bond donors (Lipinski definition) is 3. The van der Waals surface area contributed by atoms with Gasteiger partial charge in [0.05, 0.1) is 11.9 Å². The van der Waals surface area contributed by atoms with Gasteiger partial charge in [-0.25, -0.2) is 9.50 Å². The van der Waals surface area contributed by atoms with Crippen LogP contribution in [-0.4, -0.2) is 33.6 Å². The second kappa shape index (κ2) is 7.79. The Balaban J connectivity index is 1.47. The summed E-state index contributed by atoms with van der Waals surface area (Å²) >= 11 is 0. The Bertz CT molecular complexity index is 1090. The lowest BCUT2D eigenvalue weighted by molar-refractivity contribution is 0.100. The zero-order valence-corrected chi connectivity index (χ0v) is 15.2. The molecule has 2 aromatic heterocycles. The summed E-state index contributed by atoms with van der Waals surface area (Å²) in [5, 5.41) is 11.3. The summed E-state index contributed by atoms with van der Waals surface area (Å²) in [5.41, 5.74) is 9.37. The molecule has 140 valence electrons. The van der Waals surface area contributed by atoms with Gasteiger partial charge in [0, 0.05) is 29.9 Å². The van der Waals surface area contributed by atoms with Gasteiger partial charge in [-0.05, 0) is 36.4 Å². The molecule has 4 N–H and O–H groups in total. The number of primary amides is 1. The Morgan fingerprint density at radius 2 is 1.68 bits per heavy atom. The molecule has 4 rings (SSSR count). The van der Waals surface area contributed by atoms with Crippen LogP contribution in [0.3, 0.4) is 0 Å². The van der Waals surface area contributed by atoms with Crippen LogP contribution in [0.2, 0.25) is 0 Å². The highest BCUT2D eigenvalue weighted by Gasteiger charge is 2.09. The number of carbonyl (C=O) groups excluding carboxylic acids is 1. The minimum Gasteiger partial charge on any atom is -0.383 e. The molecule has 0 atom stereocenters. The number of imidazole rings is 1. The molecule has 0 spiro atoms.